The molecule has 1 aromatic heterocycles. The first-order valence-electron chi connectivity index (χ1n) is 6.03. The van der Waals surface area contributed by atoms with Crippen molar-refractivity contribution in [3.63, 3.8) is 0 Å². The highest BCUT2D eigenvalue weighted by atomic mass is 16.5. The highest BCUT2D eigenvalue weighted by molar-refractivity contribution is 5.52. The molecule has 2 aromatic rings. The van der Waals surface area contributed by atoms with Crippen LogP contribution in [0.5, 0.6) is 0 Å². The lowest BCUT2D eigenvalue weighted by Crippen LogP contribution is -2.04. The molecule has 1 aromatic carbocycles. The normalized spacial score (nSPS) is 10.6. The van der Waals surface area contributed by atoms with Gasteiger partial charge in [0.1, 0.15) is 0 Å². The maximum absolute atomic E-state index is 5.21. The molecule has 0 amide bonds. The minimum absolute atomic E-state index is 0.640. The van der Waals surface area contributed by atoms with E-state index in [0.29, 0.717) is 6.61 Å². The highest BCUT2D eigenvalue weighted by Gasteiger charge is 2.07. The van der Waals surface area contributed by atoms with Gasteiger partial charge in [0.15, 0.2) is 0 Å². The van der Waals surface area contributed by atoms with Crippen molar-refractivity contribution in [2.75, 3.05) is 12.4 Å². The third kappa shape index (κ3) is 2.71. The number of hydrogen-bond acceptors (Lipinski definition) is 3. The van der Waals surface area contributed by atoms with Gasteiger partial charge in [-0.25, -0.2) is 0 Å². The Bertz CT molecular complexity index is 500. The minimum atomic E-state index is 0.640. The topological polar surface area (TPSA) is 49.9 Å². The quantitative estimate of drug-likeness (QED) is 0.851. The van der Waals surface area contributed by atoms with Crippen LogP contribution in [0.2, 0.25) is 0 Å². The van der Waals surface area contributed by atoms with E-state index in [4.69, 9.17) is 4.74 Å². The second kappa shape index (κ2) is 5.69. The molecule has 0 spiro atoms. The lowest BCUT2D eigenvalue weighted by atomic mass is 10.1. The molecule has 0 aliphatic carbocycles. The van der Waals surface area contributed by atoms with Crippen LogP contribution in [0.1, 0.15) is 22.5 Å². The van der Waals surface area contributed by atoms with Crippen molar-refractivity contribution >= 4 is 5.69 Å². The van der Waals surface area contributed by atoms with E-state index >= 15 is 0 Å². The number of H-pyrrole nitrogens is 1. The molecule has 0 saturated carbocycles. The summed E-state index contributed by atoms with van der Waals surface area (Å²) in [6, 6.07) is 8.29. The van der Waals surface area contributed by atoms with Gasteiger partial charge in [0.05, 0.1) is 23.7 Å². The molecular weight excluding hydrogens is 226 g/mol. The van der Waals surface area contributed by atoms with Gasteiger partial charge in [0.25, 0.3) is 0 Å². The predicted molar refractivity (Wildman–Crippen MR) is 72.5 cm³/mol. The Balaban J connectivity index is 2.11. The number of hydrogen-bond donors (Lipinski definition) is 2. The molecule has 2 rings (SSSR count). The van der Waals surface area contributed by atoms with E-state index < -0.39 is 0 Å². The Kier molecular flexibility index (Phi) is 3.99. The zero-order valence-electron chi connectivity index (χ0n) is 11.1. The van der Waals surface area contributed by atoms with Crippen LogP contribution in [0.15, 0.2) is 24.3 Å². The zero-order chi connectivity index (χ0) is 13.0. The second-order valence-electron chi connectivity index (χ2n) is 4.36. The van der Waals surface area contributed by atoms with Gasteiger partial charge in [-0.3, -0.25) is 5.10 Å². The SMILES string of the molecule is COCc1ccccc1CNc1c(C)n[nH]c1C. The largest absolute Gasteiger partial charge is 0.380 e. The summed E-state index contributed by atoms with van der Waals surface area (Å²) in [6.45, 7) is 5.43. The Morgan fingerprint density at radius 1 is 1.22 bits per heavy atom. The van der Waals surface area contributed by atoms with E-state index in [9.17, 15) is 0 Å². The smallest absolute Gasteiger partial charge is 0.0825 e. The average molecular weight is 245 g/mol. The van der Waals surface area contributed by atoms with Gasteiger partial charge in [-0.05, 0) is 25.0 Å². The van der Waals surface area contributed by atoms with E-state index in [1.165, 1.54) is 11.1 Å². The number of aromatic nitrogens is 2. The maximum Gasteiger partial charge on any atom is 0.0825 e. The first kappa shape index (κ1) is 12.6. The molecule has 18 heavy (non-hydrogen) atoms. The van der Waals surface area contributed by atoms with Gasteiger partial charge >= 0.3 is 0 Å². The van der Waals surface area contributed by atoms with Gasteiger partial charge in [0, 0.05) is 13.7 Å². The van der Waals surface area contributed by atoms with Gasteiger partial charge < -0.3 is 10.1 Å². The van der Waals surface area contributed by atoms with Crippen LogP contribution in [0.3, 0.4) is 0 Å². The number of methoxy groups -OCH3 is 1. The summed E-state index contributed by atoms with van der Waals surface area (Å²) < 4.78 is 5.21. The number of nitrogens with one attached hydrogen (secondary N) is 2. The van der Waals surface area contributed by atoms with Gasteiger partial charge in [-0.1, -0.05) is 24.3 Å². The summed E-state index contributed by atoms with van der Waals surface area (Å²) >= 11 is 0. The fourth-order valence-corrected chi connectivity index (χ4v) is 2.02. The second-order valence-corrected chi connectivity index (χ2v) is 4.36. The Morgan fingerprint density at radius 2 is 1.94 bits per heavy atom. The summed E-state index contributed by atoms with van der Waals surface area (Å²) in [4.78, 5) is 0. The van der Waals surface area contributed by atoms with Crippen LogP contribution < -0.4 is 5.32 Å². The van der Waals surface area contributed by atoms with Crippen molar-refractivity contribution in [3.05, 3.63) is 46.8 Å². The number of aryl methyl sites for hydroxylation is 2. The number of aromatic amines is 1. The summed E-state index contributed by atoms with van der Waals surface area (Å²) in [6.07, 6.45) is 0. The standard InChI is InChI=1S/C14H19N3O/c1-10-14(11(2)17-16-10)15-8-12-6-4-5-7-13(12)9-18-3/h4-7,15H,8-9H2,1-3H3,(H,16,17). The molecule has 4 heteroatoms. The summed E-state index contributed by atoms with van der Waals surface area (Å²) in [5, 5.41) is 10.6. The third-order valence-corrected chi connectivity index (χ3v) is 3.00. The molecule has 2 N–H and O–H groups in total. The van der Waals surface area contributed by atoms with Crippen LogP contribution in [0.25, 0.3) is 0 Å². The van der Waals surface area contributed by atoms with Crippen LogP contribution in [0.4, 0.5) is 5.69 Å². The summed E-state index contributed by atoms with van der Waals surface area (Å²) in [5.74, 6) is 0. The van der Waals surface area contributed by atoms with Gasteiger partial charge in [-0.15, -0.1) is 0 Å². The lowest BCUT2D eigenvalue weighted by molar-refractivity contribution is 0.184. The van der Waals surface area contributed by atoms with Crippen molar-refractivity contribution < 1.29 is 4.74 Å². The molecule has 0 unspecified atom stereocenters. The van der Waals surface area contributed by atoms with Crippen LogP contribution in [0, 0.1) is 13.8 Å². The van der Waals surface area contributed by atoms with Crippen molar-refractivity contribution in [2.24, 2.45) is 0 Å². The predicted octanol–water partition coefficient (Wildman–Crippen LogP) is 2.79. The van der Waals surface area contributed by atoms with Crippen molar-refractivity contribution in [1.29, 1.82) is 0 Å². The molecule has 4 nitrogen and oxygen atoms in total. The van der Waals surface area contributed by atoms with E-state index in [2.05, 4.69) is 27.6 Å². The third-order valence-electron chi connectivity index (χ3n) is 3.00. The van der Waals surface area contributed by atoms with Crippen LogP contribution in [-0.2, 0) is 17.9 Å². The van der Waals surface area contributed by atoms with E-state index in [1.807, 2.05) is 26.0 Å². The van der Waals surface area contributed by atoms with Crippen LogP contribution in [-0.4, -0.2) is 17.3 Å². The molecule has 0 aliphatic rings. The number of nitrogens with zero attached hydrogens (tertiary/aromatic N) is 1. The number of benzene rings is 1. The number of rotatable bonds is 5. The zero-order valence-corrected chi connectivity index (χ0v) is 11.1. The monoisotopic (exact) mass is 245 g/mol. The molecule has 0 saturated heterocycles. The fourth-order valence-electron chi connectivity index (χ4n) is 2.02. The first-order chi connectivity index (χ1) is 8.72. The molecule has 0 aliphatic heterocycles. The van der Waals surface area contributed by atoms with Crippen molar-refractivity contribution in [2.45, 2.75) is 27.0 Å². The van der Waals surface area contributed by atoms with Gasteiger partial charge in [-0.2, -0.15) is 5.10 Å². The van der Waals surface area contributed by atoms with Crippen molar-refractivity contribution in [3.8, 4) is 0 Å². The first-order valence-corrected chi connectivity index (χ1v) is 6.03. The maximum atomic E-state index is 5.21. The fraction of sp³-hybridized carbons (Fsp3) is 0.357. The highest BCUT2D eigenvalue weighted by Crippen LogP contribution is 2.18. The van der Waals surface area contributed by atoms with Crippen molar-refractivity contribution in [1.82, 2.24) is 10.2 Å². The Hall–Kier alpha value is -1.81. The summed E-state index contributed by atoms with van der Waals surface area (Å²) in [7, 11) is 1.72. The number of anilines is 1. The Morgan fingerprint density at radius 3 is 2.56 bits per heavy atom. The Labute approximate surface area is 107 Å². The molecular formula is C14H19N3O. The molecule has 96 valence electrons. The number of ether oxygens (including phenoxy) is 1. The average Bonchev–Trinajstić information content (AvgIpc) is 2.69. The molecule has 0 atom stereocenters. The van der Waals surface area contributed by atoms with Gasteiger partial charge in [0.2, 0.25) is 0 Å². The molecule has 0 radical (unpaired) electrons. The summed E-state index contributed by atoms with van der Waals surface area (Å²) in [5.41, 5.74) is 5.61. The molecule has 1 heterocycles. The van der Waals surface area contributed by atoms with Crippen LogP contribution >= 0.6 is 0 Å². The molecule has 0 fully saturated rings. The van der Waals surface area contributed by atoms with E-state index in [0.717, 1.165) is 23.6 Å². The molecule has 0 bridgehead atoms. The van der Waals surface area contributed by atoms with E-state index in [-0.39, 0.29) is 0 Å². The minimum Gasteiger partial charge on any atom is -0.380 e. The lowest BCUT2D eigenvalue weighted by Gasteiger charge is -2.11. The van der Waals surface area contributed by atoms with E-state index in [1.54, 1.807) is 7.11 Å².